The molecule has 1 aromatic rings. The third kappa shape index (κ3) is 4.49. The molecule has 19 heavy (non-hydrogen) atoms. The second-order valence-electron chi connectivity index (χ2n) is 4.59. The standard InChI is InChI=1S/C14H20N2O2.ClH/c1-18-8-7-16(14(17)13-9-15-10-13)11-12-5-3-2-4-6-12;/h2-6,13,15H,7-11H2,1H3;1H. The smallest absolute Gasteiger partial charge is 0.228 e. The summed E-state index contributed by atoms with van der Waals surface area (Å²) in [7, 11) is 1.66. The molecule has 0 spiro atoms. The summed E-state index contributed by atoms with van der Waals surface area (Å²) in [6, 6.07) is 10.1. The first-order chi connectivity index (χ1) is 8.81. The zero-order valence-corrected chi connectivity index (χ0v) is 12.0. The highest BCUT2D eigenvalue weighted by Crippen LogP contribution is 2.12. The Balaban J connectivity index is 0.00000180. The Morgan fingerprint density at radius 1 is 1.37 bits per heavy atom. The normalized spacial score (nSPS) is 14.4. The van der Waals surface area contributed by atoms with Crippen LogP contribution in [0.2, 0.25) is 0 Å². The number of halogens is 1. The summed E-state index contributed by atoms with van der Waals surface area (Å²) in [5.74, 6) is 0.375. The predicted octanol–water partition coefficient (Wildman–Crippen LogP) is 1.30. The van der Waals surface area contributed by atoms with Gasteiger partial charge in [0.05, 0.1) is 12.5 Å². The van der Waals surface area contributed by atoms with Crippen molar-refractivity contribution in [2.45, 2.75) is 6.54 Å². The van der Waals surface area contributed by atoms with Gasteiger partial charge in [-0.1, -0.05) is 30.3 Å². The Bertz CT molecular complexity index is 382. The Kier molecular flexibility index (Phi) is 6.84. The molecular formula is C14H21ClN2O2. The van der Waals surface area contributed by atoms with Crippen molar-refractivity contribution in [3.8, 4) is 0 Å². The van der Waals surface area contributed by atoms with Crippen LogP contribution in [0.25, 0.3) is 0 Å². The highest BCUT2D eigenvalue weighted by Gasteiger charge is 2.28. The second-order valence-corrected chi connectivity index (χ2v) is 4.59. The van der Waals surface area contributed by atoms with Crippen LogP contribution in [0.4, 0.5) is 0 Å². The minimum absolute atomic E-state index is 0. The van der Waals surface area contributed by atoms with E-state index in [1.807, 2.05) is 35.2 Å². The van der Waals surface area contributed by atoms with Gasteiger partial charge in [-0.15, -0.1) is 12.4 Å². The van der Waals surface area contributed by atoms with E-state index in [1.165, 1.54) is 0 Å². The number of nitrogens with zero attached hydrogens (tertiary/aromatic N) is 1. The van der Waals surface area contributed by atoms with Gasteiger partial charge in [0, 0.05) is 33.3 Å². The second kappa shape index (κ2) is 8.15. The Morgan fingerprint density at radius 2 is 2.05 bits per heavy atom. The molecule has 1 fully saturated rings. The number of carbonyl (C=O) groups is 1. The number of benzene rings is 1. The fourth-order valence-electron chi connectivity index (χ4n) is 1.99. The van der Waals surface area contributed by atoms with Gasteiger partial charge in [-0.2, -0.15) is 0 Å². The van der Waals surface area contributed by atoms with Gasteiger partial charge in [0.2, 0.25) is 5.91 Å². The summed E-state index contributed by atoms with van der Waals surface area (Å²) in [6.07, 6.45) is 0. The van der Waals surface area contributed by atoms with Crippen LogP contribution in [0.3, 0.4) is 0 Å². The van der Waals surface area contributed by atoms with E-state index < -0.39 is 0 Å². The molecule has 0 unspecified atom stereocenters. The number of hydrogen-bond acceptors (Lipinski definition) is 3. The largest absolute Gasteiger partial charge is 0.383 e. The van der Waals surface area contributed by atoms with Crippen LogP contribution in [0.15, 0.2) is 30.3 Å². The summed E-state index contributed by atoms with van der Waals surface area (Å²) in [5, 5.41) is 3.14. The molecule has 0 aliphatic carbocycles. The van der Waals surface area contributed by atoms with Crippen LogP contribution >= 0.6 is 12.4 Å². The Labute approximate surface area is 120 Å². The molecule has 1 heterocycles. The molecule has 5 heteroatoms. The van der Waals surface area contributed by atoms with Gasteiger partial charge >= 0.3 is 0 Å². The fraction of sp³-hybridized carbons (Fsp3) is 0.500. The molecule has 0 aromatic heterocycles. The van der Waals surface area contributed by atoms with Gasteiger partial charge in [-0.05, 0) is 5.56 Å². The molecule has 106 valence electrons. The lowest BCUT2D eigenvalue weighted by Crippen LogP contribution is -2.52. The van der Waals surface area contributed by atoms with Gasteiger partial charge in [0.1, 0.15) is 0 Å². The highest BCUT2D eigenvalue weighted by molar-refractivity contribution is 5.85. The van der Waals surface area contributed by atoms with Crippen molar-refractivity contribution in [3.05, 3.63) is 35.9 Å². The topological polar surface area (TPSA) is 41.6 Å². The van der Waals surface area contributed by atoms with E-state index in [-0.39, 0.29) is 24.2 Å². The molecule has 1 amide bonds. The van der Waals surface area contributed by atoms with Gasteiger partial charge in [0.25, 0.3) is 0 Å². The van der Waals surface area contributed by atoms with Crippen LogP contribution in [0, 0.1) is 5.92 Å². The Morgan fingerprint density at radius 3 is 2.58 bits per heavy atom. The third-order valence-electron chi connectivity index (χ3n) is 3.22. The van der Waals surface area contributed by atoms with Crippen molar-refractivity contribution in [1.82, 2.24) is 10.2 Å². The molecule has 0 radical (unpaired) electrons. The number of rotatable bonds is 6. The SMILES string of the molecule is COCCN(Cc1ccccc1)C(=O)C1CNC1.Cl. The average molecular weight is 285 g/mol. The van der Waals surface area contributed by atoms with Crippen LogP contribution in [-0.4, -0.2) is 44.2 Å². The van der Waals surface area contributed by atoms with Crippen LogP contribution < -0.4 is 5.32 Å². The monoisotopic (exact) mass is 284 g/mol. The highest BCUT2D eigenvalue weighted by atomic mass is 35.5. The molecule has 1 aromatic carbocycles. The maximum Gasteiger partial charge on any atom is 0.228 e. The molecule has 0 atom stereocenters. The fourth-order valence-corrected chi connectivity index (χ4v) is 1.99. The first-order valence-electron chi connectivity index (χ1n) is 6.33. The zero-order valence-electron chi connectivity index (χ0n) is 11.2. The summed E-state index contributed by atoms with van der Waals surface area (Å²) in [4.78, 5) is 14.2. The quantitative estimate of drug-likeness (QED) is 0.856. The molecule has 0 bridgehead atoms. The number of hydrogen-bond donors (Lipinski definition) is 1. The molecule has 1 saturated heterocycles. The lowest BCUT2D eigenvalue weighted by Gasteiger charge is -2.32. The van der Waals surface area contributed by atoms with E-state index in [0.29, 0.717) is 19.7 Å². The number of methoxy groups -OCH3 is 1. The van der Waals surface area contributed by atoms with Gasteiger partial charge in [-0.3, -0.25) is 4.79 Å². The van der Waals surface area contributed by atoms with Crippen molar-refractivity contribution in [2.24, 2.45) is 5.92 Å². The van der Waals surface area contributed by atoms with E-state index in [4.69, 9.17) is 4.74 Å². The first-order valence-corrected chi connectivity index (χ1v) is 6.33. The summed E-state index contributed by atoms with van der Waals surface area (Å²) in [5.41, 5.74) is 1.16. The molecule has 0 saturated carbocycles. The van der Waals surface area contributed by atoms with Crippen molar-refractivity contribution < 1.29 is 9.53 Å². The van der Waals surface area contributed by atoms with Crippen molar-refractivity contribution in [2.75, 3.05) is 33.4 Å². The maximum absolute atomic E-state index is 12.3. The van der Waals surface area contributed by atoms with E-state index in [9.17, 15) is 4.79 Å². The van der Waals surface area contributed by atoms with E-state index in [2.05, 4.69) is 5.32 Å². The molecular weight excluding hydrogens is 264 g/mol. The number of nitrogens with one attached hydrogen (secondary N) is 1. The summed E-state index contributed by atoms with van der Waals surface area (Å²) in [6.45, 7) is 3.51. The van der Waals surface area contributed by atoms with Gasteiger partial charge in [0.15, 0.2) is 0 Å². The van der Waals surface area contributed by atoms with E-state index in [0.717, 1.165) is 18.7 Å². The maximum atomic E-state index is 12.3. The van der Waals surface area contributed by atoms with Crippen molar-refractivity contribution >= 4 is 18.3 Å². The van der Waals surface area contributed by atoms with Gasteiger partial charge < -0.3 is 15.0 Å². The third-order valence-corrected chi connectivity index (χ3v) is 3.22. The van der Waals surface area contributed by atoms with Crippen LogP contribution in [0.5, 0.6) is 0 Å². The van der Waals surface area contributed by atoms with Gasteiger partial charge in [-0.25, -0.2) is 0 Å². The lowest BCUT2D eigenvalue weighted by molar-refractivity contribution is -0.138. The minimum Gasteiger partial charge on any atom is -0.383 e. The summed E-state index contributed by atoms with van der Waals surface area (Å²) < 4.78 is 5.08. The van der Waals surface area contributed by atoms with E-state index >= 15 is 0 Å². The first kappa shape index (κ1) is 16.0. The lowest BCUT2D eigenvalue weighted by atomic mass is 10.0. The number of amides is 1. The van der Waals surface area contributed by atoms with Crippen molar-refractivity contribution in [1.29, 1.82) is 0 Å². The molecule has 1 N–H and O–H groups in total. The molecule has 1 aliphatic rings. The predicted molar refractivity (Wildman–Crippen MR) is 77.3 cm³/mol. The molecule has 2 rings (SSSR count). The van der Waals surface area contributed by atoms with E-state index in [1.54, 1.807) is 7.11 Å². The molecule has 1 aliphatic heterocycles. The average Bonchev–Trinajstić information content (AvgIpc) is 2.33. The van der Waals surface area contributed by atoms with Crippen molar-refractivity contribution in [3.63, 3.8) is 0 Å². The van der Waals surface area contributed by atoms with Crippen LogP contribution in [0.1, 0.15) is 5.56 Å². The zero-order chi connectivity index (χ0) is 12.8. The Hall–Kier alpha value is -1.10. The number of carbonyl (C=O) groups excluding carboxylic acids is 1. The minimum atomic E-state index is 0. The number of ether oxygens (including phenoxy) is 1. The van der Waals surface area contributed by atoms with Crippen LogP contribution in [-0.2, 0) is 16.1 Å². The molecule has 4 nitrogen and oxygen atoms in total. The summed E-state index contributed by atoms with van der Waals surface area (Å²) >= 11 is 0.